The summed E-state index contributed by atoms with van der Waals surface area (Å²) in [6, 6.07) is 10.00. The number of carbonyl (C=O) groups excluding carboxylic acids is 1. The van der Waals surface area contributed by atoms with Gasteiger partial charge in [-0.3, -0.25) is 4.79 Å². The number of nitrogens with zero attached hydrogens (tertiary/aromatic N) is 1. The molecule has 0 saturated heterocycles. The number of alkyl halides is 3. The molecule has 0 amide bonds. The molecule has 3 rings (SSSR count). The number of rotatable bonds is 5. The number of ether oxygens (including phenoxy) is 1. The van der Waals surface area contributed by atoms with Crippen molar-refractivity contribution in [3.05, 3.63) is 64.7 Å². The minimum atomic E-state index is -4.45. The third-order valence-corrected chi connectivity index (χ3v) is 4.19. The number of hydrogen-bond acceptors (Lipinski definition) is 5. The lowest BCUT2D eigenvalue weighted by atomic mass is 10.1. The van der Waals surface area contributed by atoms with E-state index in [1.54, 1.807) is 6.07 Å². The normalized spacial score (nSPS) is 11.5. The quantitative estimate of drug-likeness (QED) is 0.613. The Hall–Kier alpha value is -2.61. The third-order valence-electron chi connectivity index (χ3n) is 3.31. The molecule has 0 fully saturated rings. The second kappa shape index (κ2) is 7.10. The van der Waals surface area contributed by atoms with Gasteiger partial charge in [-0.15, -0.1) is 11.3 Å². The number of thiophene rings is 1. The van der Waals surface area contributed by atoms with Crippen LogP contribution in [-0.2, 0) is 28.7 Å². The second-order valence-corrected chi connectivity index (χ2v) is 6.14. The van der Waals surface area contributed by atoms with Crippen molar-refractivity contribution >= 4 is 17.3 Å². The Labute approximate surface area is 144 Å². The van der Waals surface area contributed by atoms with Crippen molar-refractivity contribution in [1.29, 1.82) is 0 Å². The molecule has 0 aliphatic rings. The minimum absolute atomic E-state index is 0.104. The molecular weight excluding hydrogens is 355 g/mol. The Kier molecular flexibility index (Phi) is 4.89. The molecule has 0 bridgehead atoms. The van der Waals surface area contributed by atoms with Crippen LogP contribution in [-0.4, -0.2) is 11.1 Å². The fourth-order valence-corrected chi connectivity index (χ4v) is 2.82. The van der Waals surface area contributed by atoms with Crippen molar-refractivity contribution in [2.75, 3.05) is 0 Å². The Bertz CT molecular complexity index is 856. The molecule has 0 unspecified atom stereocenters. The predicted molar refractivity (Wildman–Crippen MR) is 84.8 cm³/mol. The van der Waals surface area contributed by atoms with E-state index in [0.29, 0.717) is 11.5 Å². The van der Waals surface area contributed by atoms with Gasteiger partial charge in [0.05, 0.1) is 16.9 Å². The summed E-state index contributed by atoms with van der Waals surface area (Å²) in [7, 11) is 0. The van der Waals surface area contributed by atoms with Crippen molar-refractivity contribution in [3.63, 3.8) is 0 Å². The van der Waals surface area contributed by atoms with E-state index in [9.17, 15) is 18.0 Å². The highest BCUT2D eigenvalue weighted by atomic mass is 32.1. The van der Waals surface area contributed by atoms with Crippen LogP contribution >= 0.6 is 11.3 Å². The molecule has 2 aromatic heterocycles. The molecule has 1 aromatic carbocycles. The summed E-state index contributed by atoms with van der Waals surface area (Å²) < 4.78 is 48.2. The van der Waals surface area contributed by atoms with E-state index in [-0.39, 0.29) is 18.6 Å². The van der Waals surface area contributed by atoms with Crippen LogP contribution in [0, 0.1) is 0 Å². The fraction of sp³-hybridized carbons (Fsp3) is 0.176. The monoisotopic (exact) mass is 367 g/mol. The summed E-state index contributed by atoms with van der Waals surface area (Å²) >= 11 is 1.49. The van der Waals surface area contributed by atoms with Crippen molar-refractivity contribution < 1.29 is 27.2 Å². The van der Waals surface area contributed by atoms with Crippen LogP contribution in [0.4, 0.5) is 13.2 Å². The van der Waals surface area contributed by atoms with Gasteiger partial charge in [-0.1, -0.05) is 29.4 Å². The first-order valence-electron chi connectivity index (χ1n) is 7.23. The van der Waals surface area contributed by atoms with Gasteiger partial charge in [0.25, 0.3) is 0 Å². The predicted octanol–water partition coefficient (Wildman–Crippen LogP) is 4.71. The van der Waals surface area contributed by atoms with E-state index in [2.05, 4.69) is 5.16 Å². The van der Waals surface area contributed by atoms with E-state index in [1.807, 2.05) is 17.5 Å². The first-order chi connectivity index (χ1) is 11.9. The minimum Gasteiger partial charge on any atom is -0.459 e. The molecule has 4 nitrogen and oxygen atoms in total. The van der Waals surface area contributed by atoms with E-state index in [0.717, 1.165) is 17.0 Å². The van der Waals surface area contributed by atoms with Crippen LogP contribution in [0.25, 0.3) is 10.6 Å². The van der Waals surface area contributed by atoms with Gasteiger partial charge in [0, 0.05) is 6.07 Å². The molecule has 8 heteroatoms. The number of benzene rings is 1. The summed E-state index contributed by atoms with van der Waals surface area (Å²) in [5.74, 6) is -0.0704. The topological polar surface area (TPSA) is 52.3 Å². The Balaban J connectivity index is 1.57. The van der Waals surface area contributed by atoms with Crippen molar-refractivity contribution in [1.82, 2.24) is 5.16 Å². The van der Waals surface area contributed by atoms with E-state index < -0.39 is 17.7 Å². The first kappa shape index (κ1) is 17.2. The first-order valence-corrected chi connectivity index (χ1v) is 8.11. The molecule has 0 spiro atoms. The zero-order valence-corrected chi connectivity index (χ0v) is 13.6. The van der Waals surface area contributed by atoms with Crippen LogP contribution in [0.5, 0.6) is 0 Å². The molecule has 0 N–H and O–H groups in total. The highest BCUT2D eigenvalue weighted by molar-refractivity contribution is 7.13. The molecule has 0 saturated carbocycles. The van der Waals surface area contributed by atoms with Crippen LogP contribution in [0.15, 0.2) is 52.4 Å². The summed E-state index contributed by atoms with van der Waals surface area (Å²) in [5.41, 5.74) is -0.130. The summed E-state index contributed by atoms with van der Waals surface area (Å²) in [6.07, 6.45) is -4.70. The van der Waals surface area contributed by atoms with Gasteiger partial charge < -0.3 is 9.26 Å². The number of hydrogen-bond donors (Lipinski definition) is 0. The Morgan fingerprint density at radius 3 is 2.76 bits per heavy atom. The van der Waals surface area contributed by atoms with Gasteiger partial charge in [0.2, 0.25) is 0 Å². The summed E-state index contributed by atoms with van der Waals surface area (Å²) in [4.78, 5) is 12.7. The zero-order valence-electron chi connectivity index (χ0n) is 12.7. The van der Waals surface area contributed by atoms with Crippen LogP contribution in [0.3, 0.4) is 0 Å². The molecule has 130 valence electrons. The smallest absolute Gasteiger partial charge is 0.416 e. The maximum atomic E-state index is 12.7. The van der Waals surface area contributed by atoms with Crippen LogP contribution in [0.1, 0.15) is 16.8 Å². The third kappa shape index (κ3) is 4.48. The maximum absolute atomic E-state index is 12.7. The van der Waals surface area contributed by atoms with E-state index >= 15 is 0 Å². The van der Waals surface area contributed by atoms with Crippen molar-refractivity contribution in [3.8, 4) is 10.6 Å². The number of esters is 1. The lowest BCUT2D eigenvalue weighted by Gasteiger charge is -2.08. The van der Waals surface area contributed by atoms with Crippen LogP contribution in [0.2, 0.25) is 0 Å². The molecule has 0 atom stereocenters. The Morgan fingerprint density at radius 2 is 2.04 bits per heavy atom. The standard InChI is InChI=1S/C17H12F3NO3S/c18-17(19,20)12-4-1-3-11(7-12)8-16(22)23-10-13-9-14(24-21-13)15-5-2-6-25-15/h1-7,9H,8,10H2. The molecule has 25 heavy (non-hydrogen) atoms. The highest BCUT2D eigenvalue weighted by Crippen LogP contribution is 2.29. The van der Waals surface area contributed by atoms with E-state index in [1.165, 1.54) is 23.5 Å². The van der Waals surface area contributed by atoms with Gasteiger partial charge in [-0.05, 0) is 23.1 Å². The van der Waals surface area contributed by atoms with Gasteiger partial charge >= 0.3 is 12.1 Å². The maximum Gasteiger partial charge on any atom is 0.416 e. The highest BCUT2D eigenvalue weighted by Gasteiger charge is 2.30. The number of halogens is 3. The second-order valence-electron chi connectivity index (χ2n) is 5.20. The lowest BCUT2D eigenvalue weighted by Crippen LogP contribution is -2.10. The Morgan fingerprint density at radius 1 is 1.20 bits per heavy atom. The number of carbonyl (C=O) groups is 1. The lowest BCUT2D eigenvalue weighted by molar-refractivity contribution is -0.144. The molecule has 0 aliphatic carbocycles. The zero-order chi connectivity index (χ0) is 17.9. The van der Waals surface area contributed by atoms with Crippen molar-refractivity contribution in [2.24, 2.45) is 0 Å². The average Bonchev–Trinajstić information content (AvgIpc) is 3.24. The fourth-order valence-electron chi connectivity index (χ4n) is 2.14. The molecule has 3 aromatic rings. The molecule has 0 aliphatic heterocycles. The summed E-state index contributed by atoms with van der Waals surface area (Å²) in [6.45, 7) is -0.104. The van der Waals surface area contributed by atoms with Gasteiger partial charge in [0.1, 0.15) is 12.3 Å². The number of aromatic nitrogens is 1. The van der Waals surface area contributed by atoms with Gasteiger partial charge in [-0.2, -0.15) is 13.2 Å². The molecule has 2 heterocycles. The average molecular weight is 367 g/mol. The summed E-state index contributed by atoms with van der Waals surface area (Å²) in [5, 5.41) is 5.70. The largest absolute Gasteiger partial charge is 0.459 e. The van der Waals surface area contributed by atoms with Crippen molar-refractivity contribution in [2.45, 2.75) is 19.2 Å². The SMILES string of the molecule is O=C(Cc1cccc(C(F)(F)F)c1)OCc1cc(-c2cccs2)on1. The molecule has 0 radical (unpaired) electrons. The van der Waals surface area contributed by atoms with E-state index in [4.69, 9.17) is 9.26 Å². The molecular formula is C17H12F3NO3S. The van der Waals surface area contributed by atoms with Gasteiger partial charge in [0.15, 0.2) is 5.76 Å². The van der Waals surface area contributed by atoms with Crippen LogP contribution < -0.4 is 0 Å². The van der Waals surface area contributed by atoms with Gasteiger partial charge in [-0.25, -0.2) is 0 Å².